The third-order valence-corrected chi connectivity index (χ3v) is 5.16. The largest absolute Gasteiger partial charge is 0.336 e. The molecule has 0 saturated carbocycles. The second-order valence-corrected chi connectivity index (χ2v) is 6.98. The quantitative estimate of drug-likeness (QED) is 0.766. The standard InChI is InChI=1S/C15H20Br2N2O/c1-3-11(2)18-6-8-19(9-7-18)15(20)13-10-12(16)4-5-14(13)17/h4-5,10-11H,3,6-9H2,1-2H3. The monoisotopic (exact) mass is 402 g/mol. The zero-order chi connectivity index (χ0) is 14.7. The molecule has 1 fully saturated rings. The minimum Gasteiger partial charge on any atom is -0.336 e. The summed E-state index contributed by atoms with van der Waals surface area (Å²) in [4.78, 5) is 17.0. The second kappa shape index (κ2) is 7.05. The number of hydrogen-bond donors (Lipinski definition) is 0. The molecule has 1 aromatic rings. The van der Waals surface area contributed by atoms with Crippen molar-refractivity contribution in [3.05, 3.63) is 32.7 Å². The molecule has 1 atom stereocenters. The van der Waals surface area contributed by atoms with E-state index in [0.29, 0.717) is 6.04 Å². The van der Waals surface area contributed by atoms with Gasteiger partial charge in [0.1, 0.15) is 0 Å². The van der Waals surface area contributed by atoms with Crippen LogP contribution < -0.4 is 0 Å². The molecule has 0 aromatic heterocycles. The van der Waals surface area contributed by atoms with Crippen molar-refractivity contribution in [3.63, 3.8) is 0 Å². The minimum absolute atomic E-state index is 0.113. The summed E-state index contributed by atoms with van der Waals surface area (Å²) in [6.45, 7) is 8.01. The first-order valence-electron chi connectivity index (χ1n) is 7.01. The Bertz CT molecular complexity index is 485. The topological polar surface area (TPSA) is 23.6 Å². The third kappa shape index (κ3) is 3.62. The lowest BCUT2D eigenvalue weighted by atomic mass is 10.1. The van der Waals surface area contributed by atoms with E-state index in [4.69, 9.17) is 0 Å². The van der Waals surface area contributed by atoms with Crippen molar-refractivity contribution >= 4 is 37.8 Å². The van der Waals surface area contributed by atoms with Gasteiger partial charge >= 0.3 is 0 Å². The van der Waals surface area contributed by atoms with Crippen LogP contribution in [0.2, 0.25) is 0 Å². The maximum absolute atomic E-state index is 12.6. The second-order valence-electron chi connectivity index (χ2n) is 5.21. The molecule has 20 heavy (non-hydrogen) atoms. The van der Waals surface area contributed by atoms with Gasteiger partial charge in [-0.2, -0.15) is 0 Å². The molecule has 5 heteroatoms. The van der Waals surface area contributed by atoms with Gasteiger partial charge in [0.25, 0.3) is 5.91 Å². The van der Waals surface area contributed by atoms with E-state index in [1.54, 1.807) is 0 Å². The Kier molecular flexibility index (Phi) is 5.64. The van der Waals surface area contributed by atoms with Crippen molar-refractivity contribution in [3.8, 4) is 0 Å². The number of amides is 1. The first-order valence-corrected chi connectivity index (χ1v) is 8.60. The lowest BCUT2D eigenvalue weighted by Gasteiger charge is -2.38. The Morgan fingerprint density at radius 2 is 1.90 bits per heavy atom. The Morgan fingerprint density at radius 3 is 2.50 bits per heavy atom. The van der Waals surface area contributed by atoms with Gasteiger partial charge in [-0.25, -0.2) is 0 Å². The van der Waals surface area contributed by atoms with Crippen molar-refractivity contribution in [2.45, 2.75) is 26.3 Å². The van der Waals surface area contributed by atoms with Crippen LogP contribution in [0.15, 0.2) is 27.1 Å². The summed E-state index contributed by atoms with van der Waals surface area (Å²) in [5.41, 5.74) is 0.733. The Labute approximate surface area is 137 Å². The van der Waals surface area contributed by atoms with Gasteiger partial charge in [0.05, 0.1) is 5.56 Å². The average molecular weight is 404 g/mol. The fourth-order valence-corrected chi connectivity index (χ4v) is 3.23. The molecule has 1 saturated heterocycles. The maximum Gasteiger partial charge on any atom is 0.255 e. The molecule has 1 aliphatic heterocycles. The van der Waals surface area contributed by atoms with Crippen molar-refractivity contribution in [1.82, 2.24) is 9.80 Å². The van der Waals surface area contributed by atoms with Crippen LogP contribution in [-0.2, 0) is 0 Å². The minimum atomic E-state index is 0.113. The highest BCUT2D eigenvalue weighted by Gasteiger charge is 2.25. The van der Waals surface area contributed by atoms with Crippen molar-refractivity contribution < 1.29 is 4.79 Å². The SMILES string of the molecule is CCC(C)N1CCN(C(=O)c2cc(Br)ccc2Br)CC1. The van der Waals surface area contributed by atoms with Gasteiger partial charge in [-0.1, -0.05) is 22.9 Å². The fraction of sp³-hybridized carbons (Fsp3) is 0.533. The van der Waals surface area contributed by atoms with Gasteiger partial charge in [0.15, 0.2) is 0 Å². The van der Waals surface area contributed by atoms with Crippen LogP contribution in [0.25, 0.3) is 0 Å². The summed E-state index contributed by atoms with van der Waals surface area (Å²) in [6.07, 6.45) is 1.16. The van der Waals surface area contributed by atoms with E-state index >= 15 is 0 Å². The Balaban J connectivity index is 2.03. The fourth-order valence-electron chi connectivity index (χ4n) is 2.46. The summed E-state index contributed by atoms with van der Waals surface area (Å²) in [5.74, 6) is 0.113. The van der Waals surface area contributed by atoms with E-state index in [1.807, 2.05) is 23.1 Å². The Morgan fingerprint density at radius 1 is 1.25 bits per heavy atom. The number of nitrogens with zero attached hydrogens (tertiary/aromatic N) is 2. The molecule has 1 amide bonds. The molecule has 3 nitrogen and oxygen atoms in total. The first-order chi connectivity index (χ1) is 9.52. The summed E-state index contributed by atoms with van der Waals surface area (Å²) < 4.78 is 1.79. The molecule has 1 heterocycles. The number of benzene rings is 1. The van der Waals surface area contributed by atoms with Crippen LogP contribution in [0.5, 0.6) is 0 Å². The highest BCUT2D eigenvalue weighted by molar-refractivity contribution is 9.11. The lowest BCUT2D eigenvalue weighted by Crippen LogP contribution is -2.51. The highest BCUT2D eigenvalue weighted by Crippen LogP contribution is 2.23. The van der Waals surface area contributed by atoms with E-state index in [2.05, 4.69) is 50.6 Å². The van der Waals surface area contributed by atoms with Crippen LogP contribution >= 0.6 is 31.9 Å². The van der Waals surface area contributed by atoms with E-state index in [1.165, 1.54) is 0 Å². The van der Waals surface area contributed by atoms with E-state index < -0.39 is 0 Å². The number of carbonyl (C=O) groups is 1. The van der Waals surface area contributed by atoms with Gasteiger partial charge < -0.3 is 4.90 Å². The van der Waals surface area contributed by atoms with Crippen molar-refractivity contribution in [2.24, 2.45) is 0 Å². The predicted molar refractivity (Wildman–Crippen MR) is 89.1 cm³/mol. The summed E-state index contributed by atoms with van der Waals surface area (Å²) in [5, 5.41) is 0. The zero-order valence-electron chi connectivity index (χ0n) is 11.9. The van der Waals surface area contributed by atoms with Crippen molar-refractivity contribution in [1.29, 1.82) is 0 Å². The number of halogens is 2. The van der Waals surface area contributed by atoms with Gasteiger partial charge in [-0.05, 0) is 47.5 Å². The molecular weight excluding hydrogens is 384 g/mol. The Hall–Kier alpha value is -0.390. The van der Waals surface area contributed by atoms with Crippen LogP contribution in [0, 0.1) is 0 Å². The number of piperazine rings is 1. The number of carbonyl (C=O) groups excluding carboxylic acids is 1. The molecule has 0 aliphatic carbocycles. The normalized spacial score (nSPS) is 18.1. The smallest absolute Gasteiger partial charge is 0.255 e. The maximum atomic E-state index is 12.6. The molecule has 0 N–H and O–H groups in total. The lowest BCUT2D eigenvalue weighted by molar-refractivity contribution is 0.0579. The summed E-state index contributed by atoms with van der Waals surface area (Å²) >= 11 is 6.89. The first kappa shape index (κ1) is 16.0. The van der Waals surface area contributed by atoms with Gasteiger partial charge in [-0.15, -0.1) is 0 Å². The molecule has 1 aromatic carbocycles. The average Bonchev–Trinajstić information content (AvgIpc) is 2.48. The molecule has 110 valence electrons. The highest BCUT2D eigenvalue weighted by atomic mass is 79.9. The molecular formula is C15H20Br2N2O. The van der Waals surface area contributed by atoms with Crippen LogP contribution in [-0.4, -0.2) is 47.9 Å². The van der Waals surface area contributed by atoms with E-state index in [-0.39, 0.29) is 5.91 Å². The summed E-state index contributed by atoms with van der Waals surface area (Å²) in [7, 11) is 0. The van der Waals surface area contributed by atoms with Crippen molar-refractivity contribution in [2.75, 3.05) is 26.2 Å². The molecule has 1 unspecified atom stereocenters. The van der Waals surface area contributed by atoms with Gasteiger partial charge in [0, 0.05) is 41.2 Å². The van der Waals surface area contributed by atoms with Crippen LogP contribution in [0.1, 0.15) is 30.6 Å². The van der Waals surface area contributed by atoms with Gasteiger partial charge in [0.2, 0.25) is 0 Å². The summed E-state index contributed by atoms with van der Waals surface area (Å²) in [6, 6.07) is 6.33. The molecule has 0 bridgehead atoms. The predicted octanol–water partition coefficient (Wildman–Crippen LogP) is 3.77. The van der Waals surface area contributed by atoms with E-state index in [9.17, 15) is 4.79 Å². The molecule has 0 spiro atoms. The number of hydrogen-bond acceptors (Lipinski definition) is 2. The third-order valence-electron chi connectivity index (χ3n) is 3.97. The van der Waals surface area contributed by atoms with Gasteiger partial charge in [-0.3, -0.25) is 9.69 Å². The van der Waals surface area contributed by atoms with Crippen LogP contribution in [0.4, 0.5) is 0 Å². The van der Waals surface area contributed by atoms with Crippen LogP contribution in [0.3, 0.4) is 0 Å². The van der Waals surface area contributed by atoms with E-state index in [0.717, 1.165) is 47.1 Å². The molecule has 2 rings (SSSR count). The zero-order valence-corrected chi connectivity index (χ0v) is 15.1. The number of rotatable bonds is 3. The molecule has 1 aliphatic rings. The molecule has 0 radical (unpaired) electrons.